The lowest BCUT2D eigenvalue weighted by Crippen LogP contribution is -2.34. The van der Waals surface area contributed by atoms with Crippen LogP contribution in [0.4, 0.5) is 0 Å². The molecule has 0 aliphatic rings. The second kappa shape index (κ2) is 11.4. The molecule has 0 spiro atoms. The van der Waals surface area contributed by atoms with Gasteiger partial charge >= 0.3 is 0 Å². The van der Waals surface area contributed by atoms with Crippen molar-refractivity contribution in [3.05, 3.63) is 30.3 Å². The molecule has 0 bridgehead atoms. The van der Waals surface area contributed by atoms with Crippen LogP contribution in [-0.4, -0.2) is 50.8 Å². The maximum absolute atomic E-state index is 11.9. The fourth-order valence-electron chi connectivity index (χ4n) is 1.75. The number of halogens is 1. The largest absolute Gasteiger partial charge is 0.494 e. The lowest BCUT2D eigenvalue weighted by Gasteiger charge is -2.20. The lowest BCUT2D eigenvalue weighted by atomic mass is 10.2. The van der Waals surface area contributed by atoms with Gasteiger partial charge < -0.3 is 20.1 Å². The molecule has 5 nitrogen and oxygen atoms in total. The van der Waals surface area contributed by atoms with E-state index in [0.29, 0.717) is 26.1 Å². The van der Waals surface area contributed by atoms with Crippen LogP contribution in [0.25, 0.3) is 0 Å². The Kier molecular flexibility index (Phi) is 10.7. The van der Waals surface area contributed by atoms with Crippen LogP contribution in [0.1, 0.15) is 12.8 Å². The first-order chi connectivity index (χ1) is 9.67. The Labute approximate surface area is 132 Å². The number of nitrogens with zero attached hydrogens (tertiary/aromatic N) is 1. The van der Waals surface area contributed by atoms with E-state index in [1.165, 1.54) is 0 Å². The number of carbonyl (C=O) groups excluding carboxylic acids is 1. The number of amides is 1. The summed E-state index contributed by atoms with van der Waals surface area (Å²) >= 11 is 0. The normalized spacial score (nSPS) is 11.4. The highest BCUT2D eigenvalue weighted by atomic mass is 35.5. The number of hydrogen-bond donors (Lipinski definition) is 1. The van der Waals surface area contributed by atoms with Gasteiger partial charge in [0, 0.05) is 27.2 Å². The number of ether oxygens (including phenoxy) is 2. The van der Waals surface area contributed by atoms with E-state index < -0.39 is 0 Å². The monoisotopic (exact) mass is 316 g/mol. The fraction of sp³-hybridized carbons (Fsp3) is 0.533. The molecule has 0 saturated heterocycles. The molecular formula is C15H25ClN2O3. The highest BCUT2D eigenvalue weighted by Crippen LogP contribution is 2.08. The molecule has 21 heavy (non-hydrogen) atoms. The summed E-state index contributed by atoms with van der Waals surface area (Å²) in [6.07, 6.45) is 0.908. The first-order valence-electron chi connectivity index (χ1n) is 6.82. The smallest absolute Gasteiger partial charge is 0.224 e. The maximum Gasteiger partial charge on any atom is 0.224 e. The number of carbonyl (C=O) groups is 1. The van der Waals surface area contributed by atoms with Gasteiger partial charge in [-0.05, 0) is 18.6 Å². The highest BCUT2D eigenvalue weighted by molar-refractivity contribution is 5.85. The van der Waals surface area contributed by atoms with Gasteiger partial charge in [0.2, 0.25) is 5.91 Å². The summed E-state index contributed by atoms with van der Waals surface area (Å²) in [7, 11) is 3.35. The van der Waals surface area contributed by atoms with Crippen molar-refractivity contribution in [2.75, 3.05) is 33.9 Å². The summed E-state index contributed by atoms with van der Waals surface area (Å²) in [4.78, 5) is 13.6. The summed E-state index contributed by atoms with van der Waals surface area (Å²) in [5.41, 5.74) is 5.50. The molecule has 0 radical (unpaired) electrons. The van der Waals surface area contributed by atoms with Crippen LogP contribution >= 0.6 is 12.4 Å². The standard InChI is InChI=1S/C15H24N2O3.ClH/c1-17(15(18)11-14(12-16)19-2)9-6-10-20-13-7-4-3-5-8-13;/h3-5,7-8,14H,6,9-12,16H2,1-2H3;1H. The molecule has 1 amide bonds. The van der Waals surface area contributed by atoms with Gasteiger partial charge in [-0.1, -0.05) is 18.2 Å². The Morgan fingerprint density at radius 2 is 2.00 bits per heavy atom. The molecule has 0 heterocycles. The number of methoxy groups -OCH3 is 1. The fourth-order valence-corrected chi connectivity index (χ4v) is 1.75. The summed E-state index contributed by atoms with van der Waals surface area (Å²) in [5, 5.41) is 0. The van der Waals surface area contributed by atoms with Gasteiger partial charge in [0.05, 0.1) is 19.1 Å². The quantitative estimate of drug-likeness (QED) is 0.704. The number of nitrogens with two attached hydrogens (primary N) is 1. The average molecular weight is 317 g/mol. The topological polar surface area (TPSA) is 64.8 Å². The Hall–Kier alpha value is -1.30. The van der Waals surface area contributed by atoms with E-state index in [-0.39, 0.29) is 24.4 Å². The van der Waals surface area contributed by atoms with E-state index in [4.69, 9.17) is 15.2 Å². The minimum Gasteiger partial charge on any atom is -0.494 e. The Morgan fingerprint density at radius 1 is 1.33 bits per heavy atom. The van der Waals surface area contributed by atoms with Crippen LogP contribution in [0.5, 0.6) is 5.75 Å². The maximum atomic E-state index is 11.9. The summed E-state index contributed by atoms with van der Waals surface area (Å²) < 4.78 is 10.7. The molecule has 6 heteroatoms. The van der Waals surface area contributed by atoms with E-state index in [1.807, 2.05) is 30.3 Å². The van der Waals surface area contributed by atoms with Crippen LogP contribution < -0.4 is 10.5 Å². The molecule has 0 fully saturated rings. The van der Waals surface area contributed by atoms with Crippen LogP contribution in [0, 0.1) is 0 Å². The molecule has 0 aliphatic carbocycles. The first kappa shape index (κ1) is 19.7. The molecular weight excluding hydrogens is 292 g/mol. The van der Waals surface area contributed by atoms with Crippen molar-refractivity contribution >= 4 is 18.3 Å². The van der Waals surface area contributed by atoms with Crippen molar-refractivity contribution in [2.24, 2.45) is 5.73 Å². The second-order valence-electron chi connectivity index (χ2n) is 4.63. The van der Waals surface area contributed by atoms with Gasteiger partial charge in [0.25, 0.3) is 0 Å². The van der Waals surface area contributed by atoms with Crippen molar-refractivity contribution in [1.29, 1.82) is 0 Å². The van der Waals surface area contributed by atoms with E-state index in [2.05, 4.69) is 0 Å². The lowest BCUT2D eigenvalue weighted by molar-refractivity contribution is -0.132. The van der Waals surface area contributed by atoms with Gasteiger partial charge in [-0.25, -0.2) is 0 Å². The molecule has 120 valence electrons. The molecule has 0 aromatic heterocycles. The molecule has 1 unspecified atom stereocenters. The zero-order valence-corrected chi connectivity index (χ0v) is 13.5. The number of hydrogen-bond acceptors (Lipinski definition) is 4. The van der Waals surface area contributed by atoms with Crippen LogP contribution in [0.3, 0.4) is 0 Å². The van der Waals surface area contributed by atoms with E-state index in [9.17, 15) is 4.79 Å². The first-order valence-corrected chi connectivity index (χ1v) is 6.82. The van der Waals surface area contributed by atoms with Crippen molar-refractivity contribution in [1.82, 2.24) is 4.90 Å². The van der Waals surface area contributed by atoms with Crippen molar-refractivity contribution in [3.8, 4) is 5.75 Å². The zero-order chi connectivity index (χ0) is 14.8. The SMILES string of the molecule is COC(CN)CC(=O)N(C)CCCOc1ccccc1.Cl. The van der Waals surface area contributed by atoms with Crippen LogP contribution in [-0.2, 0) is 9.53 Å². The van der Waals surface area contributed by atoms with Crippen molar-refractivity contribution < 1.29 is 14.3 Å². The van der Waals surface area contributed by atoms with E-state index in [0.717, 1.165) is 12.2 Å². The van der Waals surface area contributed by atoms with Crippen molar-refractivity contribution in [3.63, 3.8) is 0 Å². The second-order valence-corrected chi connectivity index (χ2v) is 4.63. The number of benzene rings is 1. The highest BCUT2D eigenvalue weighted by Gasteiger charge is 2.14. The Bertz CT molecular complexity index is 386. The number of rotatable bonds is 9. The van der Waals surface area contributed by atoms with Gasteiger partial charge in [0.15, 0.2) is 0 Å². The van der Waals surface area contributed by atoms with Crippen LogP contribution in [0.2, 0.25) is 0 Å². The van der Waals surface area contributed by atoms with Gasteiger partial charge in [-0.3, -0.25) is 4.79 Å². The van der Waals surface area contributed by atoms with Crippen LogP contribution in [0.15, 0.2) is 30.3 Å². The predicted octanol–water partition coefficient (Wildman–Crippen LogP) is 1.70. The molecule has 1 atom stereocenters. The third kappa shape index (κ3) is 7.90. The summed E-state index contributed by atoms with van der Waals surface area (Å²) in [6, 6.07) is 9.65. The van der Waals surface area contributed by atoms with Gasteiger partial charge in [0.1, 0.15) is 5.75 Å². The molecule has 1 aromatic rings. The Morgan fingerprint density at radius 3 is 2.57 bits per heavy atom. The van der Waals surface area contributed by atoms with Gasteiger partial charge in [-0.2, -0.15) is 0 Å². The molecule has 0 aliphatic heterocycles. The summed E-state index contributed by atoms with van der Waals surface area (Å²) in [6.45, 7) is 1.60. The average Bonchev–Trinajstić information content (AvgIpc) is 2.49. The zero-order valence-electron chi connectivity index (χ0n) is 12.7. The minimum absolute atomic E-state index is 0. The third-order valence-corrected chi connectivity index (χ3v) is 3.07. The van der Waals surface area contributed by atoms with E-state index in [1.54, 1.807) is 19.1 Å². The molecule has 0 saturated carbocycles. The molecule has 2 N–H and O–H groups in total. The predicted molar refractivity (Wildman–Crippen MR) is 85.9 cm³/mol. The Balaban J connectivity index is 0.00000400. The van der Waals surface area contributed by atoms with Gasteiger partial charge in [-0.15, -0.1) is 12.4 Å². The minimum atomic E-state index is -0.203. The van der Waals surface area contributed by atoms with E-state index >= 15 is 0 Å². The molecule has 1 aromatic carbocycles. The molecule has 1 rings (SSSR count). The summed E-state index contributed by atoms with van der Waals surface area (Å²) in [5.74, 6) is 0.895. The number of para-hydroxylation sites is 1. The van der Waals surface area contributed by atoms with Crippen molar-refractivity contribution in [2.45, 2.75) is 18.9 Å². The third-order valence-electron chi connectivity index (χ3n) is 3.07.